The molecule has 150 valence electrons. The lowest BCUT2D eigenvalue weighted by molar-refractivity contribution is -0.119. The molecule has 2 aromatic heterocycles. The van der Waals surface area contributed by atoms with E-state index in [-0.39, 0.29) is 5.91 Å². The topological polar surface area (TPSA) is 72.7 Å². The average molecular weight is 408 g/mol. The Labute approximate surface area is 175 Å². The molecule has 3 aromatic rings. The van der Waals surface area contributed by atoms with E-state index < -0.39 is 0 Å². The van der Waals surface area contributed by atoms with Crippen molar-refractivity contribution in [3.8, 4) is 17.2 Å². The molecule has 1 N–H and O–H groups in total. The van der Waals surface area contributed by atoms with Crippen molar-refractivity contribution in [2.24, 2.45) is 0 Å². The second kappa shape index (κ2) is 8.78. The van der Waals surface area contributed by atoms with Crippen LogP contribution in [0, 0.1) is 13.8 Å². The van der Waals surface area contributed by atoms with Crippen LogP contribution in [0.25, 0.3) is 17.2 Å². The molecular weight excluding hydrogens is 382 g/mol. The molecule has 0 saturated heterocycles. The molecule has 0 aliphatic heterocycles. The minimum absolute atomic E-state index is 0.0526. The fraction of sp³-hybridized carbons (Fsp3) is 0.364. The zero-order valence-corrected chi connectivity index (χ0v) is 17.6. The van der Waals surface area contributed by atoms with Gasteiger partial charge in [-0.1, -0.05) is 42.8 Å². The molecule has 0 unspecified atom stereocenters. The predicted molar refractivity (Wildman–Crippen MR) is 115 cm³/mol. The molecule has 1 fully saturated rings. The van der Waals surface area contributed by atoms with E-state index in [1.807, 2.05) is 28.8 Å². The molecule has 1 aliphatic rings. The largest absolute Gasteiger partial charge is 0.353 e. The van der Waals surface area contributed by atoms with Crippen LogP contribution in [0.5, 0.6) is 0 Å². The minimum Gasteiger partial charge on any atom is -0.353 e. The summed E-state index contributed by atoms with van der Waals surface area (Å²) < 4.78 is 2.01. The van der Waals surface area contributed by atoms with Crippen molar-refractivity contribution < 1.29 is 4.79 Å². The number of benzene rings is 1. The van der Waals surface area contributed by atoms with Gasteiger partial charge in [0.05, 0.1) is 11.4 Å². The quantitative estimate of drug-likeness (QED) is 0.623. The highest BCUT2D eigenvalue weighted by molar-refractivity contribution is 7.99. The van der Waals surface area contributed by atoms with Gasteiger partial charge in [-0.15, -0.1) is 10.2 Å². The lowest BCUT2D eigenvalue weighted by Gasteiger charge is -2.15. The molecule has 0 bridgehead atoms. The van der Waals surface area contributed by atoms with Crippen molar-refractivity contribution in [3.05, 3.63) is 53.7 Å². The van der Waals surface area contributed by atoms with Crippen LogP contribution in [0.15, 0.2) is 47.8 Å². The molecule has 2 heterocycles. The number of carbonyl (C=O) groups excluding carboxylic acids is 1. The van der Waals surface area contributed by atoms with E-state index in [0.717, 1.165) is 29.8 Å². The first kappa shape index (κ1) is 19.6. The Morgan fingerprint density at radius 3 is 2.72 bits per heavy atom. The molecule has 1 aliphatic carbocycles. The maximum Gasteiger partial charge on any atom is 0.230 e. The second-order valence-electron chi connectivity index (χ2n) is 7.41. The molecular formula is C22H25N5OS. The lowest BCUT2D eigenvalue weighted by Crippen LogP contribution is -2.33. The van der Waals surface area contributed by atoms with Gasteiger partial charge in [-0.2, -0.15) is 0 Å². The number of nitrogens with one attached hydrogen (secondary N) is 1. The van der Waals surface area contributed by atoms with Crippen molar-refractivity contribution >= 4 is 17.7 Å². The van der Waals surface area contributed by atoms with Gasteiger partial charge in [0.2, 0.25) is 5.91 Å². The number of amides is 1. The minimum atomic E-state index is 0.0526. The monoisotopic (exact) mass is 407 g/mol. The van der Waals surface area contributed by atoms with Gasteiger partial charge in [0.15, 0.2) is 11.0 Å². The summed E-state index contributed by atoms with van der Waals surface area (Å²) in [6.07, 6.45) is 6.32. The number of pyridine rings is 1. The van der Waals surface area contributed by atoms with E-state index in [4.69, 9.17) is 0 Å². The van der Waals surface area contributed by atoms with Gasteiger partial charge in [0.25, 0.3) is 0 Å². The van der Waals surface area contributed by atoms with Crippen LogP contribution in [0.4, 0.5) is 0 Å². The van der Waals surface area contributed by atoms with Crippen LogP contribution < -0.4 is 5.32 Å². The molecule has 4 rings (SSSR count). The van der Waals surface area contributed by atoms with Crippen LogP contribution in [0.2, 0.25) is 0 Å². The third-order valence-electron chi connectivity index (χ3n) is 5.40. The number of aromatic nitrogens is 4. The molecule has 1 amide bonds. The number of rotatable bonds is 6. The second-order valence-corrected chi connectivity index (χ2v) is 8.36. The molecule has 0 atom stereocenters. The maximum absolute atomic E-state index is 12.4. The van der Waals surface area contributed by atoms with E-state index in [1.165, 1.54) is 30.2 Å². The molecule has 1 aromatic carbocycles. The maximum atomic E-state index is 12.4. The molecule has 0 spiro atoms. The fourth-order valence-electron chi connectivity index (χ4n) is 3.69. The van der Waals surface area contributed by atoms with Crippen molar-refractivity contribution in [2.75, 3.05) is 5.75 Å². The number of hydrogen-bond acceptors (Lipinski definition) is 5. The third-order valence-corrected chi connectivity index (χ3v) is 6.33. The van der Waals surface area contributed by atoms with Gasteiger partial charge in [-0.05, 0) is 56.0 Å². The first-order valence-corrected chi connectivity index (χ1v) is 11.0. The summed E-state index contributed by atoms with van der Waals surface area (Å²) in [5.74, 6) is 1.05. The Kier molecular flexibility index (Phi) is 5.94. The van der Waals surface area contributed by atoms with Crippen LogP contribution in [0.3, 0.4) is 0 Å². The molecule has 7 heteroatoms. The first-order valence-electron chi connectivity index (χ1n) is 9.99. The van der Waals surface area contributed by atoms with Crippen molar-refractivity contribution in [1.82, 2.24) is 25.1 Å². The summed E-state index contributed by atoms with van der Waals surface area (Å²) >= 11 is 1.41. The summed E-state index contributed by atoms with van der Waals surface area (Å²) in [7, 11) is 0. The average Bonchev–Trinajstić information content (AvgIpc) is 3.39. The Morgan fingerprint density at radius 1 is 1.14 bits per heavy atom. The molecule has 1 saturated carbocycles. The van der Waals surface area contributed by atoms with Crippen LogP contribution in [-0.2, 0) is 4.79 Å². The van der Waals surface area contributed by atoms with E-state index in [1.54, 1.807) is 6.20 Å². The summed E-state index contributed by atoms with van der Waals surface area (Å²) in [5, 5.41) is 12.6. The van der Waals surface area contributed by atoms with Crippen LogP contribution in [0.1, 0.15) is 36.8 Å². The van der Waals surface area contributed by atoms with Gasteiger partial charge in [-0.3, -0.25) is 14.3 Å². The molecule has 6 nitrogen and oxygen atoms in total. The first-order chi connectivity index (χ1) is 14.1. The summed E-state index contributed by atoms with van der Waals surface area (Å²) in [6.45, 7) is 4.18. The number of carbonyl (C=O) groups is 1. The summed E-state index contributed by atoms with van der Waals surface area (Å²) in [4.78, 5) is 16.9. The van der Waals surface area contributed by atoms with Crippen LogP contribution >= 0.6 is 11.8 Å². The Morgan fingerprint density at radius 2 is 1.97 bits per heavy atom. The highest BCUT2D eigenvalue weighted by atomic mass is 32.2. The normalized spacial score (nSPS) is 14.3. The highest BCUT2D eigenvalue weighted by Gasteiger charge is 2.21. The molecule has 29 heavy (non-hydrogen) atoms. The van der Waals surface area contributed by atoms with E-state index in [9.17, 15) is 4.79 Å². The Hall–Kier alpha value is -2.67. The number of aryl methyl sites for hydroxylation is 1. The van der Waals surface area contributed by atoms with Gasteiger partial charge < -0.3 is 5.32 Å². The van der Waals surface area contributed by atoms with Gasteiger partial charge >= 0.3 is 0 Å². The third kappa shape index (κ3) is 4.34. The summed E-state index contributed by atoms with van der Waals surface area (Å²) in [5.41, 5.74) is 4.11. The number of hydrogen-bond donors (Lipinski definition) is 1. The van der Waals surface area contributed by atoms with Crippen molar-refractivity contribution in [2.45, 2.75) is 50.7 Å². The van der Waals surface area contributed by atoms with E-state index in [0.29, 0.717) is 22.8 Å². The van der Waals surface area contributed by atoms with Crippen molar-refractivity contribution in [1.29, 1.82) is 0 Å². The van der Waals surface area contributed by atoms with E-state index >= 15 is 0 Å². The summed E-state index contributed by atoms with van der Waals surface area (Å²) in [6, 6.07) is 12.2. The standard InChI is InChI=1S/C22H25N5OS/c1-15-8-7-12-19(16(15)2)27-21(18-11-5-6-13-23-18)25-26-22(27)29-14-20(28)24-17-9-3-4-10-17/h5-8,11-13,17H,3-4,9-10,14H2,1-2H3,(H,24,28). The number of nitrogens with zero attached hydrogens (tertiary/aromatic N) is 4. The predicted octanol–water partition coefficient (Wildman–Crippen LogP) is 4.10. The van der Waals surface area contributed by atoms with Gasteiger partial charge in [0, 0.05) is 12.2 Å². The van der Waals surface area contributed by atoms with Gasteiger partial charge in [-0.25, -0.2) is 0 Å². The fourth-order valence-corrected chi connectivity index (χ4v) is 4.44. The Balaban J connectivity index is 1.64. The molecule has 0 radical (unpaired) electrons. The SMILES string of the molecule is Cc1cccc(-n2c(SCC(=O)NC3CCCC3)nnc2-c2ccccn2)c1C. The lowest BCUT2D eigenvalue weighted by atomic mass is 10.1. The zero-order valence-electron chi connectivity index (χ0n) is 16.8. The smallest absolute Gasteiger partial charge is 0.230 e. The van der Waals surface area contributed by atoms with Crippen molar-refractivity contribution in [3.63, 3.8) is 0 Å². The van der Waals surface area contributed by atoms with Gasteiger partial charge in [0.1, 0.15) is 5.69 Å². The Bertz CT molecular complexity index is 996. The number of thioether (sulfide) groups is 1. The van der Waals surface area contributed by atoms with E-state index in [2.05, 4.69) is 46.5 Å². The highest BCUT2D eigenvalue weighted by Crippen LogP contribution is 2.29. The van der Waals surface area contributed by atoms with Crippen LogP contribution in [-0.4, -0.2) is 37.5 Å². The zero-order chi connectivity index (χ0) is 20.2.